The fourth-order valence-electron chi connectivity index (χ4n) is 0.239. The van der Waals surface area contributed by atoms with E-state index in [4.69, 9.17) is 0 Å². The Morgan fingerprint density at radius 3 is 2.33 bits per heavy atom. The van der Waals surface area contributed by atoms with Crippen molar-refractivity contribution in [2.45, 2.75) is 13.3 Å². The Bertz CT molecular complexity index is 226. The van der Waals surface area contributed by atoms with E-state index in [0.29, 0.717) is 0 Å². The molecule has 0 aromatic carbocycles. The molecule has 9 heavy (non-hydrogen) atoms. The molecule has 0 aromatic rings. The number of hydrogen-bond donors (Lipinski definition) is 0. The lowest BCUT2D eigenvalue weighted by atomic mass is 10.4. The van der Waals surface area contributed by atoms with Crippen LogP contribution in [0.1, 0.15) is 13.3 Å². The van der Waals surface area contributed by atoms with Gasteiger partial charge in [-0.1, -0.05) is 12.8 Å². The molecular formula is C9H7-. The summed E-state index contributed by atoms with van der Waals surface area (Å²) in [4.78, 5) is 0. The Morgan fingerprint density at radius 1 is 1.11 bits per heavy atom. The Balaban J connectivity index is 3.71. The minimum atomic E-state index is 0.840. The summed E-state index contributed by atoms with van der Waals surface area (Å²) in [6.07, 6.45) is 0.840. The van der Waals surface area contributed by atoms with E-state index in [1.54, 1.807) is 0 Å². The molecule has 0 aliphatic carbocycles. The van der Waals surface area contributed by atoms with Crippen molar-refractivity contribution in [2.75, 3.05) is 0 Å². The molecule has 0 spiro atoms. The zero-order valence-electron chi connectivity index (χ0n) is 5.41. The van der Waals surface area contributed by atoms with Crippen LogP contribution in [-0.4, -0.2) is 0 Å². The second kappa shape index (κ2) is 6.55. The predicted molar refractivity (Wildman–Crippen MR) is 39.0 cm³/mol. The van der Waals surface area contributed by atoms with Crippen LogP contribution >= 0.6 is 0 Å². The topological polar surface area (TPSA) is 0 Å². The number of hydrogen-bond acceptors (Lipinski definition) is 0. The van der Waals surface area contributed by atoms with Gasteiger partial charge in [-0.3, -0.25) is 5.92 Å². The van der Waals surface area contributed by atoms with Crippen molar-refractivity contribution >= 4 is 0 Å². The Hall–Kier alpha value is -1.45. The normalized spacial score (nSPS) is 4.56. The largest absolute Gasteiger partial charge is 0.284 e. The molecule has 0 heterocycles. The van der Waals surface area contributed by atoms with E-state index in [-0.39, 0.29) is 0 Å². The highest BCUT2D eigenvalue weighted by Gasteiger charge is 1.52. The van der Waals surface area contributed by atoms with Crippen LogP contribution in [0.2, 0.25) is 0 Å². The first kappa shape index (κ1) is 7.55. The average molecular weight is 115 g/mol. The van der Waals surface area contributed by atoms with Crippen LogP contribution in [0, 0.1) is 42.4 Å². The van der Waals surface area contributed by atoms with E-state index in [0.717, 1.165) is 6.42 Å². The molecular weight excluding hydrogens is 108 g/mol. The van der Waals surface area contributed by atoms with Gasteiger partial charge in [-0.2, -0.15) is 6.92 Å². The summed E-state index contributed by atoms with van der Waals surface area (Å²) >= 11 is 0. The summed E-state index contributed by atoms with van der Waals surface area (Å²) in [6.45, 7) is 5.27. The van der Waals surface area contributed by atoms with E-state index in [9.17, 15) is 0 Å². The van der Waals surface area contributed by atoms with Crippen LogP contribution < -0.4 is 0 Å². The molecule has 0 fully saturated rings. The Morgan fingerprint density at radius 2 is 1.78 bits per heavy atom. The van der Waals surface area contributed by atoms with Gasteiger partial charge in [-0.25, -0.2) is 5.92 Å². The minimum absolute atomic E-state index is 0.840. The molecule has 0 rings (SSSR count). The summed E-state index contributed by atoms with van der Waals surface area (Å²) in [7, 11) is 0. The molecule has 0 nitrogen and oxygen atoms in total. The quantitative estimate of drug-likeness (QED) is 0.329. The van der Waals surface area contributed by atoms with Gasteiger partial charge in [0.15, 0.2) is 0 Å². The predicted octanol–water partition coefficient (Wildman–Crippen LogP) is 1.24. The molecule has 0 saturated carbocycles. The first-order chi connectivity index (χ1) is 4.41. The second-order valence-corrected chi connectivity index (χ2v) is 1.21. The van der Waals surface area contributed by atoms with Crippen molar-refractivity contribution in [1.29, 1.82) is 0 Å². The highest BCUT2D eigenvalue weighted by molar-refractivity contribution is 5.35. The van der Waals surface area contributed by atoms with E-state index in [2.05, 4.69) is 42.4 Å². The van der Waals surface area contributed by atoms with E-state index < -0.39 is 0 Å². The van der Waals surface area contributed by atoms with Crippen molar-refractivity contribution in [2.24, 2.45) is 0 Å². The summed E-state index contributed by atoms with van der Waals surface area (Å²) in [5, 5.41) is 0. The van der Waals surface area contributed by atoms with Crippen molar-refractivity contribution in [3.05, 3.63) is 6.92 Å². The summed E-state index contributed by atoms with van der Waals surface area (Å²) in [6, 6.07) is 0. The maximum atomic E-state index is 3.29. The zero-order chi connectivity index (χ0) is 6.95. The highest BCUT2D eigenvalue weighted by Crippen LogP contribution is 1.64. The summed E-state index contributed by atoms with van der Waals surface area (Å²) in [5.74, 6) is 15.4. The van der Waals surface area contributed by atoms with Crippen LogP contribution in [0.3, 0.4) is 0 Å². The van der Waals surface area contributed by atoms with E-state index in [1.807, 2.05) is 6.92 Å². The molecule has 0 N–H and O–H groups in total. The van der Waals surface area contributed by atoms with Gasteiger partial charge in [-0.15, -0.1) is 5.92 Å². The van der Waals surface area contributed by atoms with Gasteiger partial charge in [0.1, 0.15) is 0 Å². The highest BCUT2D eigenvalue weighted by atomic mass is 13.6. The first-order valence-corrected chi connectivity index (χ1v) is 2.66. The zero-order valence-corrected chi connectivity index (χ0v) is 5.41. The lowest BCUT2D eigenvalue weighted by molar-refractivity contribution is 1.28. The molecule has 0 heteroatoms. The molecule has 44 valence electrons. The summed E-state index contributed by atoms with van der Waals surface area (Å²) < 4.78 is 0. The van der Waals surface area contributed by atoms with Crippen LogP contribution in [0.5, 0.6) is 0 Å². The summed E-state index contributed by atoms with van der Waals surface area (Å²) in [5.41, 5.74) is 0. The molecule has 0 aromatic heterocycles. The van der Waals surface area contributed by atoms with Gasteiger partial charge in [0, 0.05) is 6.42 Å². The second-order valence-electron chi connectivity index (χ2n) is 1.21. The molecule has 0 amide bonds. The fraction of sp³-hybridized carbons (Fsp3) is 0.222. The van der Waals surface area contributed by atoms with Gasteiger partial charge in [0.25, 0.3) is 0 Å². The van der Waals surface area contributed by atoms with Crippen LogP contribution in [0.4, 0.5) is 0 Å². The molecule has 0 aliphatic heterocycles. The van der Waals surface area contributed by atoms with Gasteiger partial charge in [0.05, 0.1) is 0 Å². The average Bonchev–Trinajstić information content (AvgIpc) is 1.89. The van der Waals surface area contributed by atoms with Crippen molar-refractivity contribution < 1.29 is 0 Å². The minimum Gasteiger partial charge on any atom is -0.284 e. The van der Waals surface area contributed by atoms with E-state index >= 15 is 0 Å². The van der Waals surface area contributed by atoms with Crippen LogP contribution in [0.25, 0.3) is 0 Å². The molecule has 0 unspecified atom stereocenters. The standard InChI is InChI=1S/C9H7/c1-3-5-7-9-8-6-4-2/h1,4H2,2H3/q-1. The monoisotopic (exact) mass is 115 g/mol. The molecule has 0 atom stereocenters. The SMILES string of the molecule is [CH2-]C#CC#CC#CCC. The third kappa shape index (κ3) is 6.55. The Kier molecular flexibility index (Phi) is 5.49. The van der Waals surface area contributed by atoms with Gasteiger partial charge in [-0.05, 0) is 11.8 Å². The van der Waals surface area contributed by atoms with Crippen LogP contribution in [-0.2, 0) is 0 Å². The van der Waals surface area contributed by atoms with Gasteiger partial charge < -0.3 is 0 Å². The van der Waals surface area contributed by atoms with Crippen molar-refractivity contribution in [3.63, 3.8) is 0 Å². The smallest absolute Gasteiger partial charge is 0.00704 e. The van der Waals surface area contributed by atoms with E-state index in [1.165, 1.54) is 0 Å². The van der Waals surface area contributed by atoms with Crippen LogP contribution in [0.15, 0.2) is 0 Å². The van der Waals surface area contributed by atoms with Gasteiger partial charge in [0.2, 0.25) is 0 Å². The third-order valence-electron chi connectivity index (χ3n) is 0.541. The molecule has 0 saturated heterocycles. The molecule has 0 radical (unpaired) electrons. The Labute approximate surface area is 56.7 Å². The fourth-order valence-corrected chi connectivity index (χ4v) is 0.239. The maximum Gasteiger partial charge on any atom is 0.00704 e. The first-order valence-electron chi connectivity index (χ1n) is 2.66. The molecule has 0 bridgehead atoms. The van der Waals surface area contributed by atoms with Gasteiger partial charge >= 0.3 is 0 Å². The molecule has 0 aliphatic rings. The van der Waals surface area contributed by atoms with Crippen molar-refractivity contribution in [3.8, 4) is 35.5 Å². The maximum absolute atomic E-state index is 3.29. The van der Waals surface area contributed by atoms with Crippen molar-refractivity contribution in [1.82, 2.24) is 0 Å². The lowest BCUT2D eigenvalue weighted by Crippen LogP contribution is -1.53. The lowest BCUT2D eigenvalue weighted by Gasteiger charge is -1.66. The third-order valence-corrected chi connectivity index (χ3v) is 0.541. The number of rotatable bonds is 0.